The molecule has 5 rings (SSSR count). The van der Waals surface area contributed by atoms with Gasteiger partial charge in [0.2, 0.25) is 0 Å². The van der Waals surface area contributed by atoms with E-state index in [-0.39, 0.29) is 0 Å². The average Bonchev–Trinajstić information content (AvgIpc) is 3.17. The van der Waals surface area contributed by atoms with Crippen molar-refractivity contribution in [3.05, 3.63) is 29.5 Å². The van der Waals surface area contributed by atoms with Crippen LogP contribution in [0.15, 0.2) is 12.7 Å². The summed E-state index contributed by atoms with van der Waals surface area (Å²) in [5, 5.41) is 9.57. The van der Waals surface area contributed by atoms with Crippen LogP contribution in [0.5, 0.6) is 0 Å². The van der Waals surface area contributed by atoms with Gasteiger partial charge in [-0.2, -0.15) is 0 Å². The lowest BCUT2D eigenvalue weighted by atomic mass is 9.87. The van der Waals surface area contributed by atoms with Gasteiger partial charge in [-0.3, -0.25) is 4.40 Å². The monoisotopic (exact) mass is 337 g/mol. The van der Waals surface area contributed by atoms with Crippen molar-refractivity contribution >= 4 is 37.4 Å². The molecule has 5 nitrogen and oxygen atoms in total. The number of hydrogen-bond donors (Lipinski definition) is 0. The van der Waals surface area contributed by atoms with Crippen LogP contribution < -0.4 is 0 Å². The fourth-order valence-corrected chi connectivity index (χ4v) is 5.05. The van der Waals surface area contributed by atoms with Crippen molar-refractivity contribution in [2.24, 2.45) is 5.92 Å². The lowest BCUT2D eigenvalue weighted by Crippen LogP contribution is -2.11. The summed E-state index contributed by atoms with van der Waals surface area (Å²) >= 11 is 1.71. The molecule has 1 aliphatic rings. The fourth-order valence-electron chi connectivity index (χ4n) is 3.89. The molecule has 6 heteroatoms. The highest BCUT2D eigenvalue weighted by Crippen LogP contribution is 2.40. The number of pyridine rings is 1. The van der Waals surface area contributed by atoms with Gasteiger partial charge in [0, 0.05) is 11.1 Å². The molecule has 0 atom stereocenters. The van der Waals surface area contributed by atoms with Gasteiger partial charge in [0.25, 0.3) is 0 Å². The van der Waals surface area contributed by atoms with Crippen LogP contribution >= 0.6 is 11.3 Å². The van der Waals surface area contributed by atoms with Crippen molar-refractivity contribution in [1.29, 1.82) is 0 Å². The maximum absolute atomic E-state index is 5.08. The molecule has 0 unspecified atom stereocenters. The summed E-state index contributed by atoms with van der Waals surface area (Å²) < 4.78 is 2.99. The Balaban J connectivity index is 1.90. The average molecular weight is 337 g/mol. The van der Waals surface area contributed by atoms with E-state index in [0.717, 1.165) is 40.0 Å². The summed E-state index contributed by atoms with van der Waals surface area (Å²) in [6.07, 6.45) is 9.42. The maximum Gasteiger partial charge on any atom is 0.181 e. The first kappa shape index (κ1) is 14.3. The molecule has 4 aromatic heterocycles. The van der Waals surface area contributed by atoms with Crippen LogP contribution in [0, 0.1) is 5.92 Å². The first-order valence-corrected chi connectivity index (χ1v) is 9.45. The first-order chi connectivity index (χ1) is 11.7. The van der Waals surface area contributed by atoms with Crippen molar-refractivity contribution in [1.82, 2.24) is 24.6 Å². The second-order valence-electron chi connectivity index (χ2n) is 7.09. The van der Waals surface area contributed by atoms with Crippen LogP contribution in [0.1, 0.15) is 43.5 Å². The molecule has 0 saturated carbocycles. The zero-order chi connectivity index (χ0) is 16.3. The molecule has 0 spiro atoms. The van der Waals surface area contributed by atoms with Gasteiger partial charge in [0.1, 0.15) is 22.2 Å². The van der Waals surface area contributed by atoms with E-state index in [1.807, 2.05) is 10.7 Å². The molecule has 1 aliphatic carbocycles. The van der Waals surface area contributed by atoms with Crippen LogP contribution in [-0.2, 0) is 19.3 Å². The van der Waals surface area contributed by atoms with Gasteiger partial charge in [-0.25, -0.2) is 9.97 Å². The molecule has 0 aromatic carbocycles. The van der Waals surface area contributed by atoms with E-state index in [0.29, 0.717) is 5.92 Å². The van der Waals surface area contributed by atoms with E-state index in [4.69, 9.17) is 9.97 Å². The Morgan fingerprint density at radius 1 is 1.17 bits per heavy atom. The lowest BCUT2D eigenvalue weighted by molar-refractivity contribution is 0.615. The van der Waals surface area contributed by atoms with Crippen molar-refractivity contribution < 1.29 is 0 Å². The summed E-state index contributed by atoms with van der Waals surface area (Å²) in [7, 11) is 0. The van der Waals surface area contributed by atoms with Crippen molar-refractivity contribution in [3.63, 3.8) is 0 Å². The summed E-state index contributed by atoms with van der Waals surface area (Å²) in [6.45, 7) is 4.54. The molecule has 0 saturated heterocycles. The van der Waals surface area contributed by atoms with Crippen LogP contribution in [0.25, 0.3) is 26.1 Å². The third kappa shape index (κ3) is 1.99. The number of hydrogen-bond acceptors (Lipinski definition) is 5. The Bertz CT molecular complexity index is 1080. The number of aromatic nitrogens is 5. The minimum absolute atomic E-state index is 0.622. The second kappa shape index (κ2) is 5.21. The molecule has 0 bridgehead atoms. The van der Waals surface area contributed by atoms with Crippen molar-refractivity contribution in [2.75, 3.05) is 0 Å². The predicted octanol–water partition coefficient (Wildman–Crippen LogP) is 3.96. The van der Waals surface area contributed by atoms with E-state index < -0.39 is 0 Å². The van der Waals surface area contributed by atoms with Gasteiger partial charge in [0.15, 0.2) is 5.65 Å². The van der Waals surface area contributed by atoms with Crippen molar-refractivity contribution in [2.45, 2.75) is 46.0 Å². The Morgan fingerprint density at radius 2 is 2.00 bits per heavy atom. The molecule has 4 heterocycles. The van der Waals surface area contributed by atoms with Crippen molar-refractivity contribution in [3.8, 4) is 0 Å². The third-order valence-electron chi connectivity index (χ3n) is 4.91. The van der Waals surface area contributed by atoms with E-state index >= 15 is 0 Å². The fraction of sp³-hybridized carbons (Fsp3) is 0.444. The quantitative estimate of drug-likeness (QED) is 0.555. The highest BCUT2D eigenvalue weighted by molar-refractivity contribution is 7.26. The largest absolute Gasteiger partial charge is 0.271 e. The highest BCUT2D eigenvalue weighted by Gasteiger charge is 2.23. The van der Waals surface area contributed by atoms with Gasteiger partial charge < -0.3 is 0 Å². The van der Waals surface area contributed by atoms with Crippen LogP contribution in [0.4, 0.5) is 0 Å². The van der Waals surface area contributed by atoms with E-state index in [1.165, 1.54) is 35.0 Å². The summed E-state index contributed by atoms with van der Waals surface area (Å²) in [6, 6.07) is 0. The van der Waals surface area contributed by atoms with E-state index in [2.05, 4.69) is 24.0 Å². The Labute approximate surface area is 143 Å². The van der Waals surface area contributed by atoms with Gasteiger partial charge in [-0.15, -0.1) is 21.5 Å². The lowest BCUT2D eigenvalue weighted by Gasteiger charge is -2.20. The first-order valence-electron chi connectivity index (χ1n) is 8.63. The number of thiophene rings is 1. The van der Waals surface area contributed by atoms with E-state index in [9.17, 15) is 0 Å². The van der Waals surface area contributed by atoms with Crippen LogP contribution in [-0.4, -0.2) is 24.6 Å². The van der Waals surface area contributed by atoms with Gasteiger partial charge in [-0.05, 0) is 49.1 Å². The predicted molar refractivity (Wildman–Crippen MR) is 96.7 cm³/mol. The molecule has 0 N–H and O–H groups in total. The van der Waals surface area contributed by atoms with Gasteiger partial charge in [-0.1, -0.05) is 13.8 Å². The molecule has 0 aliphatic heterocycles. The van der Waals surface area contributed by atoms with Gasteiger partial charge >= 0.3 is 0 Å². The van der Waals surface area contributed by atoms with Crippen LogP contribution in [0.3, 0.4) is 0 Å². The number of fused-ring (bicyclic) bond motifs is 7. The Kier molecular flexibility index (Phi) is 3.10. The summed E-state index contributed by atoms with van der Waals surface area (Å²) in [5.41, 5.74) is 6.22. The van der Waals surface area contributed by atoms with E-state index in [1.54, 1.807) is 17.7 Å². The maximum atomic E-state index is 5.08. The number of nitrogens with zero attached hydrogens (tertiary/aromatic N) is 5. The molecular formula is C18H19N5S. The SMILES string of the molecule is CC(C)Cc1nc2sc3c(ncn4cnnc34)c2c2c1CCCC2. The molecule has 0 radical (unpaired) electrons. The summed E-state index contributed by atoms with van der Waals surface area (Å²) in [4.78, 5) is 10.9. The molecule has 0 amide bonds. The minimum atomic E-state index is 0.622. The van der Waals surface area contributed by atoms with Gasteiger partial charge in [0.05, 0.1) is 5.52 Å². The summed E-state index contributed by atoms with van der Waals surface area (Å²) in [5.74, 6) is 0.622. The highest BCUT2D eigenvalue weighted by atomic mass is 32.1. The molecule has 24 heavy (non-hydrogen) atoms. The third-order valence-corrected chi connectivity index (χ3v) is 5.98. The zero-order valence-electron chi connectivity index (χ0n) is 13.9. The molecule has 4 aromatic rings. The Morgan fingerprint density at radius 3 is 2.83 bits per heavy atom. The molecular weight excluding hydrogens is 318 g/mol. The normalized spacial score (nSPS) is 15.0. The number of aryl methyl sites for hydroxylation is 1. The second-order valence-corrected chi connectivity index (χ2v) is 8.09. The van der Waals surface area contributed by atoms with Crippen LogP contribution in [0.2, 0.25) is 0 Å². The molecule has 122 valence electrons. The molecule has 0 fully saturated rings. The Hall–Kier alpha value is -2.08. The number of rotatable bonds is 2. The minimum Gasteiger partial charge on any atom is -0.271 e. The standard InChI is InChI=1S/C18H19N5S/c1-10(2)7-13-11-5-3-4-6-12(11)14-15-16(24-18(14)21-13)17-22-20-9-23(17)8-19-15/h8-10H,3-7H2,1-2H3. The topological polar surface area (TPSA) is 56.0 Å². The zero-order valence-corrected chi connectivity index (χ0v) is 14.7. The smallest absolute Gasteiger partial charge is 0.181 e.